The van der Waals surface area contributed by atoms with Gasteiger partial charge in [-0.05, 0) is 89.3 Å². The van der Waals surface area contributed by atoms with E-state index in [0.717, 1.165) is 41.4 Å². The summed E-state index contributed by atoms with van der Waals surface area (Å²) in [5.74, 6) is 0.874. The number of amidine groups is 1. The maximum absolute atomic E-state index is 5.15. The third kappa shape index (κ3) is 5.19. The predicted octanol–water partition coefficient (Wildman–Crippen LogP) is 10.0. The Bertz CT molecular complexity index is 2690. The fraction of sp³-hybridized carbons (Fsp3) is 0.0652. The summed E-state index contributed by atoms with van der Waals surface area (Å²) in [7, 11) is 0. The number of fused-ring (bicyclic) bond motifs is 5. The molecule has 1 atom stereocenters. The predicted molar refractivity (Wildman–Crippen MR) is 219 cm³/mol. The van der Waals surface area contributed by atoms with Crippen LogP contribution < -0.4 is 16.0 Å². The molecule has 0 amide bonds. The van der Waals surface area contributed by atoms with Gasteiger partial charge < -0.3 is 20.5 Å². The molecule has 0 fully saturated rings. The van der Waals surface area contributed by atoms with Crippen molar-refractivity contribution >= 4 is 49.1 Å². The Morgan fingerprint density at radius 2 is 1.37 bits per heavy atom. The lowest BCUT2D eigenvalue weighted by Crippen LogP contribution is -2.39. The number of thiophene rings is 1. The lowest BCUT2D eigenvalue weighted by Gasteiger charge is -2.27. The van der Waals surface area contributed by atoms with Gasteiger partial charge in [0.2, 0.25) is 0 Å². The average Bonchev–Trinajstić information content (AvgIpc) is 3.78. The van der Waals surface area contributed by atoms with Crippen LogP contribution in [0.15, 0.2) is 186 Å². The van der Waals surface area contributed by atoms with Gasteiger partial charge in [-0.3, -0.25) is 0 Å². The van der Waals surface area contributed by atoms with E-state index in [1.165, 1.54) is 59.0 Å². The molecule has 52 heavy (non-hydrogen) atoms. The molecule has 0 bridgehead atoms. The molecule has 1 unspecified atom stereocenters. The summed E-state index contributed by atoms with van der Waals surface area (Å²) in [6, 6.07) is 44.0. The van der Waals surface area contributed by atoms with Crippen LogP contribution in [0.1, 0.15) is 5.56 Å². The smallest absolute Gasteiger partial charge is 0.134 e. The fourth-order valence-corrected chi connectivity index (χ4v) is 9.09. The number of aromatic nitrogens is 1. The number of nitrogens with zero attached hydrogens (tertiary/aromatic N) is 2. The molecule has 3 N–H and O–H groups in total. The minimum atomic E-state index is 0.0248. The van der Waals surface area contributed by atoms with Crippen molar-refractivity contribution < 1.29 is 0 Å². The van der Waals surface area contributed by atoms with E-state index in [2.05, 4.69) is 172 Å². The highest BCUT2D eigenvalue weighted by molar-refractivity contribution is 7.24. The summed E-state index contributed by atoms with van der Waals surface area (Å²) >= 11 is 1.90. The van der Waals surface area contributed by atoms with E-state index < -0.39 is 0 Å². The molecule has 250 valence electrons. The van der Waals surface area contributed by atoms with Gasteiger partial charge in [0, 0.05) is 55.6 Å². The topological polar surface area (TPSA) is 53.4 Å². The lowest BCUT2D eigenvalue weighted by atomic mass is 9.98. The first-order valence-corrected chi connectivity index (χ1v) is 18.6. The molecule has 2 aromatic heterocycles. The summed E-state index contributed by atoms with van der Waals surface area (Å²) in [5.41, 5.74) is 11.7. The van der Waals surface area contributed by atoms with Crippen molar-refractivity contribution in [2.75, 3.05) is 13.1 Å². The molecular weight excluding hydrogens is 655 g/mol. The van der Waals surface area contributed by atoms with Crippen LogP contribution in [0, 0.1) is 0 Å². The molecule has 0 radical (unpaired) electrons. The zero-order chi connectivity index (χ0) is 34.4. The lowest BCUT2D eigenvalue weighted by molar-refractivity contribution is 0.800. The highest BCUT2D eigenvalue weighted by atomic mass is 32.1. The standard InChI is InChI=1S/C46H35N5S/c1-3-9-32(10-4-1)42-37-19-20-41-43(45(37)52-44(42)33-11-5-2-6-12-33)36-13-7-8-14-40(36)51(41)35-17-15-34(16-18-35)46-49-38(30-21-25-47-26-22-30)29-39(50-46)31-23-27-48-28-24-31/h1-25,27,29,38,47-48H,26,28H2,(H,49,50). The molecule has 0 saturated carbocycles. The molecular formula is C46H35N5S. The molecule has 3 aliphatic rings. The summed E-state index contributed by atoms with van der Waals surface area (Å²) in [6.45, 7) is 1.61. The van der Waals surface area contributed by atoms with Gasteiger partial charge >= 0.3 is 0 Å². The molecule has 0 saturated heterocycles. The van der Waals surface area contributed by atoms with Crippen LogP contribution in [0.25, 0.3) is 59.1 Å². The van der Waals surface area contributed by atoms with E-state index in [4.69, 9.17) is 4.99 Å². The molecule has 7 aromatic rings. The van der Waals surface area contributed by atoms with E-state index in [9.17, 15) is 0 Å². The van der Waals surface area contributed by atoms with Crippen molar-refractivity contribution in [3.05, 3.63) is 187 Å². The van der Waals surface area contributed by atoms with Crippen molar-refractivity contribution in [3.63, 3.8) is 0 Å². The molecule has 3 aliphatic heterocycles. The Balaban J connectivity index is 1.11. The first kappa shape index (κ1) is 30.5. The van der Waals surface area contributed by atoms with Gasteiger partial charge in [-0.2, -0.15) is 0 Å². The molecule has 5 nitrogen and oxygen atoms in total. The van der Waals surface area contributed by atoms with E-state index in [1.54, 1.807) is 0 Å². The number of hydrogen-bond donors (Lipinski definition) is 3. The van der Waals surface area contributed by atoms with Crippen LogP contribution in [0.4, 0.5) is 0 Å². The molecule has 0 aliphatic carbocycles. The van der Waals surface area contributed by atoms with E-state index in [1.807, 2.05) is 23.7 Å². The van der Waals surface area contributed by atoms with Crippen molar-refractivity contribution in [2.24, 2.45) is 4.99 Å². The second kappa shape index (κ2) is 12.7. The number of dihydropyridines is 2. The second-order valence-corrected chi connectivity index (χ2v) is 14.3. The van der Waals surface area contributed by atoms with Crippen LogP contribution in [-0.4, -0.2) is 29.5 Å². The van der Waals surface area contributed by atoms with Gasteiger partial charge in [0.15, 0.2) is 0 Å². The third-order valence-electron chi connectivity index (χ3n) is 10.2. The molecule has 5 aromatic carbocycles. The number of allylic oxidation sites excluding steroid dienone is 1. The number of rotatable bonds is 6. The number of para-hydroxylation sites is 1. The first-order chi connectivity index (χ1) is 25.8. The summed E-state index contributed by atoms with van der Waals surface area (Å²) in [6.07, 6.45) is 14.9. The number of aliphatic imine (C=N–C) groups is 1. The quantitative estimate of drug-likeness (QED) is 0.163. The van der Waals surface area contributed by atoms with E-state index >= 15 is 0 Å². The zero-order valence-corrected chi connectivity index (χ0v) is 29.2. The summed E-state index contributed by atoms with van der Waals surface area (Å²) < 4.78 is 3.73. The van der Waals surface area contributed by atoms with Crippen LogP contribution in [0.2, 0.25) is 0 Å². The highest BCUT2D eigenvalue weighted by Gasteiger charge is 2.24. The van der Waals surface area contributed by atoms with Gasteiger partial charge in [-0.25, -0.2) is 4.99 Å². The number of benzene rings is 5. The zero-order valence-electron chi connectivity index (χ0n) is 28.4. The first-order valence-electron chi connectivity index (χ1n) is 17.8. The minimum absolute atomic E-state index is 0.0248. The SMILES string of the molecule is C1=CC(C2=CC(C3=CCNC=C3)NC(c3ccc(-n4c5ccccc5c5c6sc(-c7ccccc7)c(-c7ccccc7)c6ccc54)cc3)=N2)=CCN1. The average molecular weight is 690 g/mol. The van der Waals surface area contributed by atoms with Crippen LogP contribution in [-0.2, 0) is 0 Å². The maximum atomic E-state index is 5.15. The molecule has 6 heteroatoms. The van der Waals surface area contributed by atoms with Gasteiger partial charge in [0.1, 0.15) is 5.84 Å². The van der Waals surface area contributed by atoms with Crippen LogP contribution in [0.3, 0.4) is 0 Å². The fourth-order valence-electron chi connectivity index (χ4n) is 7.71. The second-order valence-electron chi connectivity index (χ2n) is 13.3. The Hall–Kier alpha value is -6.37. The Labute approximate surface area is 306 Å². The molecule has 10 rings (SSSR count). The maximum Gasteiger partial charge on any atom is 0.134 e. The molecule has 5 heterocycles. The van der Waals surface area contributed by atoms with Gasteiger partial charge in [-0.15, -0.1) is 11.3 Å². The third-order valence-corrected chi connectivity index (χ3v) is 11.4. The van der Waals surface area contributed by atoms with E-state index in [-0.39, 0.29) is 6.04 Å². The normalized spacial score (nSPS) is 16.9. The van der Waals surface area contributed by atoms with E-state index in [0.29, 0.717) is 0 Å². The summed E-state index contributed by atoms with van der Waals surface area (Å²) in [5, 5.41) is 14.1. The molecule has 0 spiro atoms. The van der Waals surface area contributed by atoms with Crippen LogP contribution in [0.5, 0.6) is 0 Å². The van der Waals surface area contributed by atoms with Crippen molar-refractivity contribution in [2.45, 2.75) is 6.04 Å². The van der Waals surface area contributed by atoms with Crippen LogP contribution >= 0.6 is 11.3 Å². The number of hydrogen-bond acceptors (Lipinski definition) is 5. The van der Waals surface area contributed by atoms with Gasteiger partial charge in [0.25, 0.3) is 0 Å². The van der Waals surface area contributed by atoms with Crippen molar-refractivity contribution in [1.29, 1.82) is 0 Å². The van der Waals surface area contributed by atoms with Crippen molar-refractivity contribution in [3.8, 4) is 27.3 Å². The largest absolute Gasteiger partial charge is 0.387 e. The number of nitrogens with one attached hydrogen (secondary N) is 3. The summed E-state index contributed by atoms with van der Waals surface area (Å²) in [4.78, 5) is 6.46. The highest BCUT2D eigenvalue weighted by Crippen LogP contribution is 2.49. The minimum Gasteiger partial charge on any atom is -0.387 e. The Kier molecular flexibility index (Phi) is 7.47. The van der Waals surface area contributed by atoms with Crippen molar-refractivity contribution in [1.82, 2.24) is 20.5 Å². The van der Waals surface area contributed by atoms with Gasteiger partial charge in [-0.1, -0.05) is 97.1 Å². The van der Waals surface area contributed by atoms with Gasteiger partial charge in [0.05, 0.1) is 22.8 Å². The monoisotopic (exact) mass is 689 g/mol. The Morgan fingerprint density at radius 1 is 0.635 bits per heavy atom. The Morgan fingerprint density at radius 3 is 2.12 bits per heavy atom.